The number of carboxylic acid groups (broad SMARTS) is 1. The molecule has 0 aromatic heterocycles. The molecule has 0 saturated heterocycles. The van der Waals surface area contributed by atoms with E-state index in [0.717, 1.165) is 30.2 Å². The minimum absolute atomic E-state index is 0.0279. The van der Waals surface area contributed by atoms with Gasteiger partial charge in [-0.25, -0.2) is 4.79 Å². The summed E-state index contributed by atoms with van der Waals surface area (Å²) < 4.78 is 11.1. The van der Waals surface area contributed by atoms with Crippen molar-refractivity contribution in [2.45, 2.75) is 54.9 Å². The molecule has 3 rings (SSSR count). The Morgan fingerprint density at radius 3 is 2.29 bits per heavy atom. The van der Waals surface area contributed by atoms with Gasteiger partial charge in [0.25, 0.3) is 0 Å². The average molecular weight is 613 g/mol. The Morgan fingerprint density at radius 1 is 1.00 bits per heavy atom. The lowest BCUT2D eigenvalue weighted by molar-refractivity contribution is -0.149. The van der Waals surface area contributed by atoms with Gasteiger partial charge in [-0.2, -0.15) is 0 Å². The lowest BCUT2D eigenvalue weighted by atomic mass is 9.99. The van der Waals surface area contributed by atoms with Crippen LogP contribution in [0, 0.1) is 0 Å². The molecule has 0 spiro atoms. The number of aliphatic hydroxyl groups is 6. The second-order valence-electron chi connectivity index (χ2n) is 9.63. The maximum absolute atomic E-state index is 11.2. The van der Waals surface area contributed by atoms with Gasteiger partial charge in [0.05, 0.1) is 24.9 Å². The van der Waals surface area contributed by atoms with Crippen LogP contribution in [0.1, 0.15) is 12.5 Å². The van der Waals surface area contributed by atoms with E-state index >= 15 is 0 Å². The summed E-state index contributed by atoms with van der Waals surface area (Å²) in [7, 11) is 1.54. The fraction of sp³-hybridized carbons (Fsp3) is 0.552. The molecule has 0 saturated carbocycles. The third-order valence-electron chi connectivity index (χ3n) is 6.53. The van der Waals surface area contributed by atoms with E-state index in [1.165, 1.54) is 10.6 Å². The van der Waals surface area contributed by atoms with Crippen molar-refractivity contribution in [2.24, 2.45) is 0 Å². The number of rotatable bonds is 16. The van der Waals surface area contributed by atoms with E-state index in [1.54, 1.807) is 14.0 Å². The average Bonchev–Trinajstić information content (AvgIpc) is 3.00. The number of para-hydroxylation sites is 1. The number of fused-ring (bicyclic) bond motifs is 1. The van der Waals surface area contributed by atoms with Crippen LogP contribution in [0.4, 0.5) is 5.69 Å². The van der Waals surface area contributed by atoms with Crippen molar-refractivity contribution in [2.75, 3.05) is 57.2 Å². The second kappa shape index (κ2) is 18.9. The number of thioether (sulfide) groups is 1. The Morgan fingerprint density at radius 2 is 1.67 bits per heavy atom. The molecule has 13 heteroatoms. The SMILES string of the molecule is CCO[C@@H](Cc1ccc(OCCN2CCSc3ccccc32)cc1)C(=O)O.CNCC(O)C(O)C(O)C(O)C(O)CO. The van der Waals surface area contributed by atoms with Gasteiger partial charge >= 0.3 is 5.97 Å². The third kappa shape index (κ3) is 11.3. The maximum Gasteiger partial charge on any atom is 0.333 e. The van der Waals surface area contributed by atoms with Gasteiger partial charge in [0.15, 0.2) is 6.10 Å². The lowest BCUT2D eigenvalue weighted by Gasteiger charge is -2.30. The molecule has 0 aliphatic carbocycles. The number of aliphatic hydroxyl groups excluding tert-OH is 6. The standard InChI is InChI=1S/C21H25NO4S.C8H19NO6/c1-2-25-19(21(23)24)15-16-7-9-17(10-8-16)26-13-11-22-12-14-27-20-6-4-3-5-18(20)22;1-9-2-4(11)6(13)8(15)7(14)5(12)3-10/h3-10,19H,2,11-15H2,1H3,(H,23,24);4-15H,2-3H2,1H3/t19-;/m0./s1. The van der Waals surface area contributed by atoms with Crippen molar-refractivity contribution in [1.82, 2.24) is 5.32 Å². The molecule has 42 heavy (non-hydrogen) atoms. The first kappa shape index (κ1) is 35.7. The van der Waals surface area contributed by atoms with Crippen molar-refractivity contribution in [3.05, 3.63) is 54.1 Å². The molecule has 236 valence electrons. The van der Waals surface area contributed by atoms with Crippen LogP contribution in [0.3, 0.4) is 0 Å². The Balaban J connectivity index is 0.000000351. The summed E-state index contributed by atoms with van der Waals surface area (Å²) >= 11 is 1.90. The van der Waals surface area contributed by atoms with Crippen LogP contribution in [-0.4, -0.2) is 131 Å². The normalized spacial score (nSPS) is 17.1. The van der Waals surface area contributed by atoms with Crippen molar-refractivity contribution in [1.29, 1.82) is 0 Å². The third-order valence-corrected chi connectivity index (χ3v) is 7.57. The van der Waals surface area contributed by atoms with Crippen LogP contribution in [0.5, 0.6) is 5.75 Å². The lowest BCUT2D eigenvalue weighted by Crippen LogP contribution is -2.51. The summed E-state index contributed by atoms with van der Waals surface area (Å²) in [6.07, 6.45) is -8.33. The van der Waals surface area contributed by atoms with E-state index in [1.807, 2.05) is 36.0 Å². The molecule has 2 aromatic carbocycles. The molecule has 0 fully saturated rings. The Labute approximate surface area is 250 Å². The van der Waals surface area contributed by atoms with Crippen LogP contribution in [0.2, 0.25) is 0 Å². The molecule has 0 amide bonds. The van der Waals surface area contributed by atoms with Gasteiger partial charge in [0.1, 0.15) is 36.8 Å². The Bertz CT molecular complexity index is 1050. The molecule has 1 aliphatic heterocycles. The molecule has 0 radical (unpaired) electrons. The van der Waals surface area contributed by atoms with E-state index in [2.05, 4.69) is 34.5 Å². The highest BCUT2D eigenvalue weighted by atomic mass is 32.2. The number of carbonyl (C=O) groups is 1. The highest BCUT2D eigenvalue weighted by Gasteiger charge is 2.33. The van der Waals surface area contributed by atoms with Gasteiger partial charge < -0.3 is 55.4 Å². The molecular formula is C29H44N2O10S. The molecule has 6 atom stereocenters. The van der Waals surface area contributed by atoms with Gasteiger partial charge in [0, 0.05) is 36.8 Å². The predicted octanol–water partition coefficient (Wildman–Crippen LogP) is -0.287. The largest absolute Gasteiger partial charge is 0.492 e. The number of aliphatic carboxylic acids is 1. The number of ether oxygens (including phenoxy) is 2. The molecular weight excluding hydrogens is 568 g/mol. The van der Waals surface area contributed by atoms with E-state index in [-0.39, 0.29) is 6.54 Å². The summed E-state index contributed by atoms with van der Waals surface area (Å²) in [5, 5.41) is 66.4. The fourth-order valence-electron chi connectivity index (χ4n) is 4.18. The minimum atomic E-state index is -1.73. The van der Waals surface area contributed by atoms with E-state index < -0.39 is 49.2 Å². The first-order valence-electron chi connectivity index (χ1n) is 13.8. The Kier molecular flexibility index (Phi) is 16.1. The van der Waals surface area contributed by atoms with Crippen molar-refractivity contribution >= 4 is 23.4 Å². The van der Waals surface area contributed by atoms with Gasteiger partial charge in [-0.3, -0.25) is 0 Å². The van der Waals surface area contributed by atoms with Crippen molar-refractivity contribution in [3.8, 4) is 5.75 Å². The highest BCUT2D eigenvalue weighted by molar-refractivity contribution is 7.99. The molecule has 12 nitrogen and oxygen atoms in total. The number of benzene rings is 2. The van der Waals surface area contributed by atoms with Crippen LogP contribution in [0.25, 0.3) is 0 Å². The van der Waals surface area contributed by atoms with E-state index in [4.69, 9.17) is 19.7 Å². The first-order chi connectivity index (χ1) is 20.1. The zero-order valence-corrected chi connectivity index (χ0v) is 24.8. The molecule has 8 N–H and O–H groups in total. The van der Waals surface area contributed by atoms with Gasteiger partial charge in [0.2, 0.25) is 0 Å². The second-order valence-corrected chi connectivity index (χ2v) is 10.8. The number of carboxylic acids is 1. The summed E-state index contributed by atoms with van der Waals surface area (Å²) in [4.78, 5) is 14.9. The van der Waals surface area contributed by atoms with E-state index in [0.29, 0.717) is 19.6 Å². The topological polar surface area (TPSA) is 192 Å². The molecule has 1 aliphatic rings. The van der Waals surface area contributed by atoms with Crippen LogP contribution in [0.15, 0.2) is 53.4 Å². The molecule has 1 heterocycles. The summed E-state index contributed by atoms with van der Waals surface area (Å²) in [6.45, 7) is 3.94. The fourth-order valence-corrected chi connectivity index (χ4v) is 5.23. The number of likely N-dealkylation sites (N-methyl/N-ethyl adjacent to an activating group) is 1. The van der Waals surface area contributed by atoms with Crippen molar-refractivity contribution < 1.29 is 50.0 Å². The number of nitrogens with one attached hydrogen (secondary N) is 1. The number of nitrogens with zero attached hydrogens (tertiary/aromatic N) is 1. The smallest absolute Gasteiger partial charge is 0.333 e. The van der Waals surface area contributed by atoms with Crippen LogP contribution >= 0.6 is 11.8 Å². The monoisotopic (exact) mass is 612 g/mol. The number of hydrogen-bond donors (Lipinski definition) is 8. The summed E-state index contributed by atoms with van der Waals surface area (Å²) in [5.74, 6) is 0.954. The van der Waals surface area contributed by atoms with Crippen molar-refractivity contribution in [3.63, 3.8) is 0 Å². The first-order valence-corrected chi connectivity index (χ1v) is 14.8. The van der Waals surface area contributed by atoms with Gasteiger partial charge in [-0.1, -0.05) is 24.3 Å². The predicted molar refractivity (Wildman–Crippen MR) is 159 cm³/mol. The van der Waals surface area contributed by atoms with Gasteiger partial charge in [-0.15, -0.1) is 11.8 Å². The quantitative estimate of drug-likeness (QED) is 0.123. The highest BCUT2D eigenvalue weighted by Crippen LogP contribution is 2.34. The minimum Gasteiger partial charge on any atom is -0.492 e. The summed E-state index contributed by atoms with van der Waals surface area (Å²) in [5.41, 5.74) is 2.20. The number of anilines is 1. The molecule has 2 aromatic rings. The molecule has 0 bridgehead atoms. The zero-order valence-electron chi connectivity index (χ0n) is 24.0. The van der Waals surface area contributed by atoms with Crippen LogP contribution in [-0.2, 0) is 16.0 Å². The molecule has 5 unspecified atom stereocenters. The van der Waals surface area contributed by atoms with Crippen LogP contribution < -0.4 is 15.0 Å². The number of hydrogen-bond acceptors (Lipinski definition) is 12. The zero-order chi connectivity index (χ0) is 31.1. The maximum atomic E-state index is 11.2. The Hall–Kier alpha value is -2.46. The van der Waals surface area contributed by atoms with E-state index in [9.17, 15) is 30.3 Å². The summed E-state index contributed by atoms with van der Waals surface area (Å²) in [6, 6.07) is 16.1. The van der Waals surface area contributed by atoms with Gasteiger partial charge in [-0.05, 0) is 43.8 Å².